The van der Waals surface area contributed by atoms with Gasteiger partial charge < -0.3 is 5.32 Å². The van der Waals surface area contributed by atoms with Crippen LogP contribution in [0.15, 0.2) is 18.3 Å². The maximum absolute atomic E-state index is 12.1. The minimum atomic E-state index is -0.0427. The van der Waals surface area contributed by atoms with E-state index in [2.05, 4.69) is 17.2 Å². The lowest BCUT2D eigenvalue weighted by molar-refractivity contribution is 0.0933. The van der Waals surface area contributed by atoms with Crippen LogP contribution in [0.25, 0.3) is 0 Å². The van der Waals surface area contributed by atoms with Crippen LogP contribution in [0.2, 0.25) is 5.15 Å². The van der Waals surface area contributed by atoms with E-state index in [1.807, 2.05) is 0 Å². The molecule has 1 amide bonds. The quantitative estimate of drug-likeness (QED) is 0.658. The summed E-state index contributed by atoms with van der Waals surface area (Å²) >= 11 is 5.79. The van der Waals surface area contributed by atoms with Crippen LogP contribution in [0.5, 0.6) is 0 Å². The van der Waals surface area contributed by atoms with Crippen LogP contribution in [0.1, 0.15) is 49.4 Å². The maximum atomic E-state index is 12.1. The number of carbonyl (C=O) groups excluding carboxylic acids is 1. The fourth-order valence-corrected chi connectivity index (χ4v) is 2.62. The zero-order valence-electron chi connectivity index (χ0n) is 10.7. The molecule has 1 aliphatic rings. The Hall–Kier alpha value is -1.09. The van der Waals surface area contributed by atoms with Crippen LogP contribution >= 0.6 is 11.6 Å². The third-order valence-corrected chi connectivity index (χ3v) is 3.79. The SMILES string of the molecule is CC1CCCC(NC(=O)c2ccnc(Cl)c2)CC1. The number of rotatable bonds is 2. The Labute approximate surface area is 113 Å². The lowest BCUT2D eigenvalue weighted by Crippen LogP contribution is -2.34. The third kappa shape index (κ3) is 3.70. The second-order valence-electron chi connectivity index (χ2n) is 5.15. The summed E-state index contributed by atoms with van der Waals surface area (Å²) in [5.41, 5.74) is 0.590. The Morgan fingerprint density at radius 1 is 1.39 bits per heavy atom. The van der Waals surface area contributed by atoms with Crippen molar-refractivity contribution in [1.29, 1.82) is 0 Å². The van der Waals surface area contributed by atoms with E-state index in [0.717, 1.165) is 18.8 Å². The zero-order valence-corrected chi connectivity index (χ0v) is 11.4. The highest BCUT2D eigenvalue weighted by Crippen LogP contribution is 2.22. The van der Waals surface area contributed by atoms with Gasteiger partial charge in [-0.2, -0.15) is 0 Å². The summed E-state index contributed by atoms with van der Waals surface area (Å²) in [6.45, 7) is 2.28. The summed E-state index contributed by atoms with van der Waals surface area (Å²) in [6, 6.07) is 3.60. The molecule has 1 aromatic rings. The Balaban J connectivity index is 1.94. The molecule has 3 nitrogen and oxygen atoms in total. The van der Waals surface area contributed by atoms with Crippen molar-refractivity contribution in [3.05, 3.63) is 29.0 Å². The smallest absolute Gasteiger partial charge is 0.251 e. The standard InChI is InChI=1S/C14H19ClN2O/c1-10-3-2-4-12(6-5-10)17-14(18)11-7-8-16-13(15)9-11/h7-10,12H,2-6H2,1H3,(H,17,18). The van der Waals surface area contributed by atoms with Crippen LogP contribution in [0.4, 0.5) is 0 Å². The molecule has 4 heteroatoms. The van der Waals surface area contributed by atoms with Crippen molar-refractivity contribution in [3.63, 3.8) is 0 Å². The molecule has 0 spiro atoms. The lowest BCUT2D eigenvalue weighted by atomic mass is 10.0. The van der Waals surface area contributed by atoms with E-state index in [1.54, 1.807) is 18.3 Å². The monoisotopic (exact) mass is 266 g/mol. The van der Waals surface area contributed by atoms with Gasteiger partial charge in [0, 0.05) is 17.8 Å². The van der Waals surface area contributed by atoms with Crippen molar-refractivity contribution < 1.29 is 4.79 Å². The Bertz CT molecular complexity index is 422. The molecule has 2 atom stereocenters. The van der Waals surface area contributed by atoms with E-state index in [1.165, 1.54) is 19.3 Å². The fourth-order valence-electron chi connectivity index (χ4n) is 2.44. The first-order valence-electron chi connectivity index (χ1n) is 6.57. The highest BCUT2D eigenvalue weighted by Gasteiger charge is 2.18. The Morgan fingerprint density at radius 2 is 2.22 bits per heavy atom. The van der Waals surface area contributed by atoms with Gasteiger partial charge in [0.2, 0.25) is 0 Å². The van der Waals surface area contributed by atoms with Gasteiger partial charge >= 0.3 is 0 Å². The maximum Gasteiger partial charge on any atom is 0.251 e. The largest absolute Gasteiger partial charge is 0.349 e. The van der Waals surface area contributed by atoms with E-state index >= 15 is 0 Å². The second kappa shape index (κ2) is 6.19. The third-order valence-electron chi connectivity index (χ3n) is 3.58. The van der Waals surface area contributed by atoms with Crippen LogP contribution in [-0.2, 0) is 0 Å². The summed E-state index contributed by atoms with van der Waals surface area (Å²) in [4.78, 5) is 15.9. The van der Waals surface area contributed by atoms with Crippen LogP contribution < -0.4 is 5.32 Å². The van der Waals surface area contributed by atoms with Crippen molar-refractivity contribution in [2.75, 3.05) is 0 Å². The van der Waals surface area contributed by atoms with Gasteiger partial charge in [0.15, 0.2) is 0 Å². The molecule has 1 saturated carbocycles. The molecule has 0 radical (unpaired) electrons. The molecule has 1 aromatic heterocycles. The van der Waals surface area contributed by atoms with Crippen molar-refractivity contribution in [2.24, 2.45) is 5.92 Å². The molecule has 2 rings (SSSR count). The van der Waals surface area contributed by atoms with Gasteiger partial charge in [-0.1, -0.05) is 31.4 Å². The number of nitrogens with zero attached hydrogens (tertiary/aromatic N) is 1. The molecule has 0 aliphatic heterocycles. The first kappa shape index (κ1) is 13.3. The van der Waals surface area contributed by atoms with E-state index in [-0.39, 0.29) is 5.91 Å². The van der Waals surface area contributed by atoms with Crippen molar-refractivity contribution in [2.45, 2.75) is 45.1 Å². The number of halogens is 1. The number of hydrogen-bond acceptors (Lipinski definition) is 2. The summed E-state index contributed by atoms with van der Waals surface area (Å²) in [5, 5.41) is 3.46. The van der Waals surface area contributed by atoms with Gasteiger partial charge in [-0.15, -0.1) is 0 Å². The Kier molecular flexibility index (Phi) is 4.59. The topological polar surface area (TPSA) is 42.0 Å². The Morgan fingerprint density at radius 3 is 3.00 bits per heavy atom. The average molecular weight is 267 g/mol. The average Bonchev–Trinajstić information content (AvgIpc) is 2.54. The molecule has 2 unspecified atom stereocenters. The van der Waals surface area contributed by atoms with Crippen LogP contribution in [0.3, 0.4) is 0 Å². The molecule has 1 aliphatic carbocycles. The van der Waals surface area contributed by atoms with Gasteiger partial charge in [-0.05, 0) is 37.3 Å². The summed E-state index contributed by atoms with van der Waals surface area (Å²) in [6.07, 6.45) is 7.38. The lowest BCUT2D eigenvalue weighted by Gasteiger charge is -2.16. The molecule has 1 heterocycles. The molecular formula is C14H19ClN2O. The van der Waals surface area contributed by atoms with E-state index in [0.29, 0.717) is 16.8 Å². The molecular weight excluding hydrogens is 248 g/mol. The summed E-state index contributed by atoms with van der Waals surface area (Å²) < 4.78 is 0. The van der Waals surface area contributed by atoms with Crippen molar-refractivity contribution >= 4 is 17.5 Å². The minimum Gasteiger partial charge on any atom is -0.349 e. The van der Waals surface area contributed by atoms with Crippen molar-refractivity contribution in [3.8, 4) is 0 Å². The molecule has 0 saturated heterocycles. The van der Waals surface area contributed by atoms with E-state index in [9.17, 15) is 4.79 Å². The van der Waals surface area contributed by atoms with Gasteiger partial charge in [-0.25, -0.2) is 4.98 Å². The highest BCUT2D eigenvalue weighted by molar-refractivity contribution is 6.29. The van der Waals surface area contributed by atoms with Crippen molar-refractivity contribution in [1.82, 2.24) is 10.3 Å². The number of pyridine rings is 1. The molecule has 0 bridgehead atoms. The number of amides is 1. The predicted octanol–water partition coefficient (Wildman–Crippen LogP) is 3.43. The van der Waals surface area contributed by atoms with Gasteiger partial charge in [0.1, 0.15) is 5.15 Å². The zero-order chi connectivity index (χ0) is 13.0. The molecule has 1 N–H and O–H groups in total. The minimum absolute atomic E-state index is 0.0427. The number of nitrogens with one attached hydrogen (secondary N) is 1. The number of hydrogen-bond donors (Lipinski definition) is 1. The van der Waals surface area contributed by atoms with E-state index < -0.39 is 0 Å². The fraction of sp³-hybridized carbons (Fsp3) is 0.571. The molecule has 18 heavy (non-hydrogen) atoms. The van der Waals surface area contributed by atoms with Gasteiger partial charge in [0.05, 0.1) is 0 Å². The molecule has 0 aromatic carbocycles. The number of aromatic nitrogens is 1. The first-order valence-corrected chi connectivity index (χ1v) is 6.95. The van der Waals surface area contributed by atoms with Crippen LogP contribution in [0, 0.1) is 5.92 Å². The normalized spacial score (nSPS) is 24.3. The molecule has 98 valence electrons. The van der Waals surface area contributed by atoms with Gasteiger partial charge in [-0.3, -0.25) is 4.79 Å². The first-order chi connectivity index (χ1) is 8.65. The highest BCUT2D eigenvalue weighted by atomic mass is 35.5. The van der Waals surface area contributed by atoms with Gasteiger partial charge in [0.25, 0.3) is 5.91 Å². The molecule has 1 fully saturated rings. The van der Waals surface area contributed by atoms with Crippen LogP contribution in [-0.4, -0.2) is 16.9 Å². The summed E-state index contributed by atoms with van der Waals surface area (Å²) in [5.74, 6) is 0.737. The second-order valence-corrected chi connectivity index (χ2v) is 5.54. The van der Waals surface area contributed by atoms with E-state index in [4.69, 9.17) is 11.6 Å². The summed E-state index contributed by atoms with van der Waals surface area (Å²) in [7, 11) is 0. The number of carbonyl (C=O) groups is 1. The predicted molar refractivity (Wildman–Crippen MR) is 72.8 cm³/mol.